The van der Waals surface area contributed by atoms with Crippen LogP contribution < -0.4 is 19.5 Å². The van der Waals surface area contributed by atoms with Gasteiger partial charge in [-0.25, -0.2) is 0 Å². The number of benzene rings is 3. The molecule has 0 spiro atoms. The fourth-order valence-corrected chi connectivity index (χ4v) is 3.20. The highest BCUT2D eigenvalue weighted by molar-refractivity contribution is 9.10. The minimum Gasteiger partial charge on any atom is -0.497 e. The highest BCUT2D eigenvalue weighted by atomic mass is 79.9. The van der Waals surface area contributed by atoms with E-state index in [0.29, 0.717) is 41.7 Å². The maximum atomic E-state index is 12.7. The Hall–Kier alpha value is -3.76. The first-order valence-corrected chi connectivity index (χ1v) is 11.0. The van der Waals surface area contributed by atoms with E-state index in [-0.39, 0.29) is 5.57 Å². The summed E-state index contributed by atoms with van der Waals surface area (Å²) in [6, 6.07) is 21.9. The summed E-state index contributed by atoms with van der Waals surface area (Å²) in [5.74, 6) is 1.29. The van der Waals surface area contributed by atoms with Crippen molar-refractivity contribution < 1.29 is 19.0 Å². The van der Waals surface area contributed by atoms with Crippen LogP contribution in [0.5, 0.6) is 17.2 Å². The molecule has 0 saturated carbocycles. The van der Waals surface area contributed by atoms with Crippen LogP contribution in [0.25, 0.3) is 6.08 Å². The van der Waals surface area contributed by atoms with E-state index in [0.717, 1.165) is 10.0 Å². The topological polar surface area (TPSA) is 80.6 Å². The minimum atomic E-state index is -0.517. The summed E-state index contributed by atoms with van der Waals surface area (Å²) in [6.45, 7) is 2.78. The lowest BCUT2D eigenvalue weighted by Gasteiger charge is -2.12. The molecular weight excluding hydrogens is 484 g/mol. The number of nitriles is 1. The maximum Gasteiger partial charge on any atom is 0.266 e. The zero-order valence-corrected chi connectivity index (χ0v) is 19.9. The Bertz CT molecular complexity index is 1170. The van der Waals surface area contributed by atoms with Gasteiger partial charge in [-0.2, -0.15) is 5.26 Å². The third-order valence-electron chi connectivity index (χ3n) is 4.62. The number of carbonyl (C=O) groups excluding carboxylic acids is 1. The van der Waals surface area contributed by atoms with Gasteiger partial charge < -0.3 is 19.5 Å². The molecule has 0 unspecified atom stereocenters. The van der Waals surface area contributed by atoms with Crippen LogP contribution in [0.4, 0.5) is 5.69 Å². The molecule has 0 aliphatic heterocycles. The van der Waals surface area contributed by atoms with Crippen molar-refractivity contribution in [1.82, 2.24) is 0 Å². The van der Waals surface area contributed by atoms with Crippen molar-refractivity contribution in [1.29, 1.82) is 5.26 Å². The van der Waals surface area contributed by atoms with Gasteiger partial charge in [0.15, 0.2) is 0 Å². The Balaban J connectivity index is 1.80. The van der Waals surface area contributed by atoms with E-state index in [1.165, 1.54) is 6.08 Å². The van der Waals surface area contributed by atoms with Crippen molar-refractivity contribution in [3.05, 3.63) is 87.9 Å². The van der Waals surface area contributed by atoms with Crippen LogP contribution in [0.15, 0.2) is 76.8 Å². The standard InChI is InChI=1S/C26H23BrN2O4/c1-3-32-23-12-9-22(10-13-23)29-26(30)20(16-28)14-19-6-11-24(31-2)15-25(19)33-17-18-4-7-21(27)8-5-18/h4-15H,3,17H2,1-2H3,(H,29,30)/b20-14+. The van der Waals surface area contributed by atoms with Crippen molar-refractivity contribution in [3.63, 3.8) is 0 Å². The van der Waals surface area contributed by atoms with Crippen LogP contribution in [0.1, 0.15) is 18.1 Å². The lowest BCUT2D eigenvalue weighted by Crippen LogP contribution is -2.13. The average Bonchev–Trinajstić information content (AvgIpc) is 2.83. The zero-order valence-electron chi connectivity index (χ0n) is 18.3. The Morgan fingerprint density at radius 2 is 1.73 bits per heavy atom. The van der Waals surface area contributed by atoms with Crippen LogP contribution >= 0.6 is 15.9 Å². The third kappa shape index (κ3) is 6.86. The van der Waals surface area contributed by atoms with Gasteiger partial charge in [-0.05, 0) is 67.1 Å². The minimum absolute atomic E-state index is 0.0532. The largest absolute Gasteiger partial charge is 0.497 e. The molecule has 0 atom stereocenters. The normalized spacial score (nSPS) is 10.8. The predicted octanol–water partition coefficient (Wildman–Crippen LogP) is 5.98. The van der Waals surface area contributed by atoms with E-state index in [1.54, 1.807) is 49.6 Å². The number of carbonyl (C=O) groups is 1. The number of ether oxygens (including phenoxy) is 3. The van der Waals surface area contributed by atoms with E-state index < -0.39 is 5.91 Å². The van der Waals surface area contributed by atoms with Gasteiger partial charge in [-0.3, -0.25) is 4.79 Å². The van der Waals surface area contributed by atoms with Crippen molar-refractivity contribution >= 4 is 33.6 Å². The Labute approximate surface area is 201 Å². The van der Waals surface area contributed by atoms with Gasteiger partial charge in [0.2, 0.25) is 0 Å². The van der Waals surface area contributed by atoms with Crippen molar-refractivity contribution in [2.24, 2.45) is 0 Å². The van der Waals surface area contributed by atoms with Gasteiger partial charge in [0, 0.05) is 21.8 Å². The number of halogens is 1. The van der Waals surface area contributed by atoms with Gasteiger partial charge in [0.1, 0.15) is 35.5 Å². The van der Waals surface area contributed by atoms with E-state index >= 15 is 0 Å². The first-order valence-electron chi connectivity index (χ1n) is 10.2. The molecule has 3 rings (SSSR count). The molecule has 0 fully saturated rings. The van der Waals surface area contributed by atoms with Crippen LogP contribution in [-0.2, 0) is 11.4 Å². The molecule has 0 aliphatic carbocycles. The molecule has 0 aromatic heterocycles. The fraction of sp³-hybridized carbons (Fsp3) is 0.154. The summed E-state index contributed by atoms with van der Waals surface area (Å²) in [6.07, 6.45) is 1.50. The quantitative estimate of drug-likeness (QED) is 0.285. The highest BCUT2D eigenvalue weighted by Crippen LogP contribution is 2.28. The Morgan fingerprint density at radius 1 is 1.03 bits per heavy atom. The summed E-state index contributed by atoms with van der Waals surface area (Å²) in [5, 5.41) is 12.3. The zero-order chi connectivity index (χ0) is 23.6. The number of hydrogen-bond donors (Lipinski definition) is 1. The lowest BCUT2D eigenvalue weighted by atomic mass is 10.1. The summed E-state index contributed by atoms with van der Waals surface area (Å²) in [7, 11) is 1.56. The molecule has 3 aromatic carbocycles. The van der Waals surface area contributed by atoms with Gasteiger partial charge in [-0.1, -0.05) is 28.1 Å². The van der Waals surface area contributed by atoms with Crippen LogP contribution in [-0.4, -0.2) is 19.6 Å². The predicted molar refractivity (Wildman–Crippen MR) is 131 cm³/mol. The maximum absolute atomic E-state index is 12.7. The van der Waals surface area contributed by atoms with E-state index in [1.807, 2.05) is 37.3 Å². The molecule has 7 heteroatoms. The first kappa shape index (κ1) is 23.9. The Kier molecular flexibility index (Phi) is 8.50. The summed E-state index contributed by atoms with van der Waals surface area (Å²) in [4.78, 5) is 12.7. The molecule has 1 amide bonds. The SMILES string of the molecule is CCOc1ccc(NC(=O)/C(C#N)=C/c2ccc(OC)cc2OCc2ccc(Br)cc2)cc1. The van der Waals surface area contributed by atoms with Crippen molar-refractivity contribution in [3.8, 4) is 23.3 Å². The van der Waals surface area contributed by atoms with Gasteiger partial charge in [0.05, 0.1) is 13.7 Å². The number of nitrogens with one attached hydrogen (secondary N) is 1. The second-order valence-corrected chi connectivity index (χ2v) is 7.82. The molecule has 6 nitrogen and oxygen atoms in total. The third-order valence-corrected chi connectivity index (χ3v) is 5.15. The molecule has 168 valence electrons. The first-order chi connectivity index (χ1) is 16.0. The second kappa shape index (κ2) is 11.7. The van der Waals surface area contributed by atoms with Crippen molar-refractivity contribution in [2.45, 2.75) is 13.5 Å². The molecule has 3 aromatic rings. The monoisotopic (exact) mass is 506 g/mol. The molecule has 0 heterocycles. The number of anilines is 1. The molecular formula is C26H23BrN2O4. The van der Waals surface area contributed by atoms with E-state index in [9.17, 15) is 10.1 Å². The molecule has 0 bridgehead atoms. The number of amides is 1. The summed E-state index contributed by atoms with van der Waals surface area (Å²) < 4.78 is 17.7. The number of nitrogens with zero attached hydrogens (tertiary/aromatic N) is 1. The lowest BCUT2D eigenvalue weighted by molar-refractivity contribution is -0.112. The number of methoxy groups -OCH3 is 1. The highest BCUT2D eigenvalue weighted by Gasteiger charge is 2.13. The summed E-state index contributed by atoms with van der Waals surface area (Å²) in [5.41, 5.74) is 2.07. The van der Waals surface area contributed by atoms with Crippen molar-refractivity contribution in [2.75, 3.05) is 19.0 Å². The smallest absolute Gasteiger partial charge is 0.266 e. The van der Waals surface area contributed by atoms with Gasteiger partial charge in [0.25, 0.3) is 5.91 Å². The van der Waals surface area contributed by atoms with E-state index in [2.05, 4.69) is 21.2 Å². The molecule has 0 aliphatic rings. The number of hydrogen-bond acceptors (Lipinski definition) is 5. The summed E-state index contributed by atoms with van der Waals surface area (Å²) >= 11 is 3.41. The molecule has 0 saturated heterocycles. The van der Waals surface area contributed by atoms with Crippen LogP contribution in [0.3, 0.4) is 0 Å². The molecule has 33 heavy (non-hydrogen) atoms. The average molecular weight is 507 g/mol. The van der Waals surface area contributed by atoms with Crippen LogP contribution in [0, 0.1) is 11.3 Å². The van der Waals surface area contributed by atoms with Gasteiger partial charge >= 0.3 is 0 Å². The van der Waals surface area contributed by atoms with Crippen LogP contribution in [0.2, 0.25) is 0 Å². The molecule has 0 radical (unpaired) electrons. The molecule has 1 N–H and O–H groups in total. The van der Waals surface area contributed by atoms with Gasteiger partial charge in [-0.15, -0.1) is 0 Å². The number of rotatable bonds is 9. The Morgan fingerprint density at radius 3 is 2.36 bits per heavy atom. The second-order valence-electron chi connectivity index (χ2n) is 6.90. The van der Waals surface area contributed by atoms with E-state index in [4.69, 9.17) is 14.2 Å². The fourth-order valence-electron chi connectivity index (χ4n) is 2.93.